The summed E-state index contributed by atoms with van der Waals surface area (Å²) < 4.78 is 12.9. The second kappa shape index (κ2) is 6.58. The van der Waals surface area contributed by atoms with E-state index in [1.807, 2.05) is 26.1 Å². The summed E-state index contributed by atoms with van der Waals surface area (Å²) >= 11 is 0. The first-order valence-corrected chi connectivity index (χ1v) is 7.92. The minimum absolute atomic E-state index is 0.624. The summed E-state index contributed by atoms with van der Waals surface area (Å²) in [5.74, 6) is 3.62. The van der Waals surface area contributed by atoms with Gasteiger partial charge in [-0.1, -0.05) is 6.07 Å². The predicted octanol–water partition coefficient (Wildman–Crippen LogP) is 2.31. The van der Waals surface area contributed by atoms with Gasteiger partial charge in [-0.25, -0.2) is 0 Å². The zero-order chi connectivity index (χ0) is 16.4. The van der Waals surface area contributed by atoms with Gasteiger partial charge in [0.05, 0.1) is 20.8 Å². The van der Waals surface area contributed by atoms with Gasteiger partial charge in [-0.15, -0.1) is 10.2 Å². The van der Waals surface area contributed by atoms with Crippen LogP contribution in [-0.4, -0.2) is 39.9 Å². The number of aryl methyl sites for hydroxylation is 1. The van der Waals surface area contributed by atoms with Gasteiger partial charge in [0.2, 0.25) is 0 Å². The SMILES string of the molecule is COc1ccc(CN(Cc2nnc(C)n2C)C2CC2)c(OC)c1. The summed E-state index contributed by atoms with van der Waals surface area (Å²) in [5, 5.41) is 8.45. The van der Waals surface area contributed by atoms with Gasteiger partial charge in [-0.3, -0.25) is 4.90 Å². The van der Waals surface area contributed by atoms with Crippen LogP contribution in [0.15, 0.2) is 18.2 Å². The maximum atomic E-state index is 5.53. The molecule has 3 rings (SSSR count). The molecule has 0 aliphatic heterocycles. The summed E-state index contributed by atoms with van der Waals surface area (Å²) in [5.41, 5.74) is 1.17. The van der Waals surface area contributed by atoms with Crippen molar-refractivity contribution >= 4 is 0 Å². The van der Waals surface area contributed by atoms with E-state index in [1.165, 1.54) is 18.4 Å². The van der Waals surface area contributed by atoms with Crippen LogP contribution in [0.25, 0.3) is 0 Å². The Hall–Kier alpha value is -2.08. The first-order chi connectivity index (χ1) is 11.1. The van der Waals surface area contributed by atoms with Gasteiger partial charge < -0.3 is 14.0 Å². The Morgan fingerprint density at radius 1 is 1.17 bits per heavy atom. The highest BCUT2D eigenvalue weighted by Gasteiger charge is 2.30. The Morgan fingerprint density at radius 2 is 1.96 bits per heavy atom. The summed E-state index contributed by atoms with van der Waals surface area (Å²) in [6, 6.07) is 6.62. The lowest BCUT2D eigenvalue weighted by Gasteiger charge is -2.23. The van der Waals surface area contributed by atoms with Crippen LogP contribution < -0.4 is 9.47 Å². The summed E-state index contributed by atoms with van der Waals surface area (Å²) in [4.78, 5) is 2.45. The fourth-order valence-electron chi connectivity index (χ4n) is 2.73. The maximum absolute atomic E-state index is 5.53. The van der Waals surface area contributed by atoms with Crippen LogP contribution in [0.3, 0.4) is 0 Å². The number of ether oxygens (including phenoxy) is 2. The van der Waals surface area contributed by atoms with Crippen LogP contribution in [0.4, 0.5) is 0 Å². The summed E-state index contributed by atoms with van der Waals surface area (Å²) in [7, 11) is 5.39. The van der Waals surface area contributed by atoms with Gasteiger partial charge in [0.1, 0.15) is 23.1 Å². The molecule has 1 heterocycles. The van der Waals surface area contributed by atoms with Crippen LogP contribution in [-0.2, 0) is 20.1 Å². The van der Waals surface area contributed by atoms with Crippen LogP contribution in [0, 0.1) is 6.92 Å². The number of hydrogen-bond acceptors (Lipinski definition) is 5. The zero-order valence-corrected chi connectivity index (χ0v) is 14.2. The second-order valence-electron chi connectivity index (χ2n) is 6.04. The molecule has 0 radical (unpaired) electrons. The molecule has 1 aromatic carbocycles. The largest absolute Gasteiger partial charge is 0.497 e. The quantitative estimate of drug-likeness (QED) is 0.784. The monoisotopic (exact) mass is 316 g/mol. The summed E-state index contributed by atoms with van der Waals surface area (Å²) in [6.45, 7) is 3.62. The molecule has 6 heteroatoms. The minimum atomic E-state index is 0.624. The third-order valence-electron chi connectivity index (χ3n) is 4.46. The van der Waals surface area contributed by atoms with Crippen molar-refractivity contribution in [2.45, 2.75) is 38.9 Å². The Morgan fingerprint density at radius 3 is 2.52 bits per heavy atom. The molecular formula is C17H24N4O2. The number of methoxy groups -OCH3 is 2. The molecular weight excluding hydrogens is 292 g/mol. The summed E-state index contributed by atoms with van der Waals surface area (Å²) in [6.07, 6.45) is 2.49. The topological polar surface area (TPSA) is 52.4 Å². The second-order valence-corrected chi connectivity index (χ2v) is 6.04. The van der Waals surface area contributed by atoms with Crippen molar-refractivity contribution in [1.82, 2.24) is 19.7 Å². The Balaban J connectivity index is 1.79. The lowest BCUT2D eigenvalue weighted by Crippen LogP contribution is -2.27. The van der Waals surface area contributed by atoms with E-state index in [-0.39, 0.29) is 0 Å². The number of hydrogen-bond donors (Lipinski definition) is 0. The molecule has 0 bridgehead atoms. The first-order valence-electron chi connectivity index (χ1n) is 7.92. The molecule has 0 saturated heterocycles. The minimum Gasteiger partial charge on any atom is -0.497 e. The normalized spacial score (nSPS) is 14.3. The van der Waals surface area contributed by atoms with E-state index in [0.29, 0.717) is 6.04 Å². The van der Waals surface area contributed by atoms with E-state index < -0.39 is 0 Å². The van der Waals surface area contributed by atoms with E-state index in [0.717, 1.165) is 36.2 Å². The molecule has 2 aromatic rings. The number of benzene rings is 1. The molecule has 0 atom stereocenters. The molecule has 124 valence electrons. The predicted molar refractivity (Wildman–Crippen MR) is 87.6 cm³/mol. The van der Waals surface area contributed by atoms with Crippen LogP contribution in [0.2, 0.25) is 0 Å². The molecule has 1 fully saturated rings. The van der Waals surface area contributed by atoms with E-state index in [4.69, 9.17) is 9.47 Å². The van der Waals surface area contributed by atoms with Crippen molar-refractivity contribution in [3.05, 3.63) is 35.4 Å². The van der Waals surface area contributed by atoms with Gasteiger partial charge in [0.15, 0.2) is 0 Å². The Kier molecular flexibility index (Phi) is 4.52. The van der Waals surface area contributed by atoms with Gasteiger partial charge in [0.25, 0.3) is 0 Å². The maximum Gasteiger partial charge on any atom is 0.146 e. The molecule has 0 spiro atoms. The Labute approximate surface area is 137 Å². The third kappa shape index (κ3) is 3.47. The van der Waals surface area contributed by atoms with Crippen LogP contribution in [0.1, 0.15) is 30.1 Å². The van der Waals surface area contributed by atoms with Crippen molar-refractivity contribution in [2.24, 2.45) is 7.05 Å². The molecule has 23 heavy (non-hydrogen) atoms. The van der Waals surface area contributed by atoms with Gasteiger partial charge >= 0.3 is 0 Å². The molecule has 0 unspecified atom stereocenters. The molecule has 0 amide bonds. The van der Waals surface area contributed by atoms with Crippen molar-refractivity contribution in [3.63, 3.8) is 0 Å². The molecule has 1 saturated carbocycles. The van der Waals surface area contributed by atoms with E-state index >= 15 is 0 Å². The van der Waals surface area contributed by atoms with E-state index in [1.54, 1.807) is 14.2 Å². The Bertz CT molecular complexity index is 679. The standard InChI is InChI=1S/C17H24N4O2/c1-12-18-19-17(20(12)2)11-21(14-6-7-14)10-13-5-8-15(22-3)9-16(13)23-4/h5,8-9,14H,6-7,10-11H2,1-4H3. The van der Waals surface area contributed by atoms with Crippen molar-refractivity contribution < 1.29 is 9.47 Å². The van der Waals surface area contributed by atoms with Gasteiger partial charge in [0, 0.05) is 31.3 Å². The van der Waals surface area contributed by atoms with Gasteiger partial charge in [-0.05, 0) is 25.8 Å². The number of rotatable bonds is 7. The fraction of sp³-hybridized carbons (Fsp3) is 0.529. The molecule has 1 aliphatic carbocycles. The molecule has 1 aliphatic rings. The highest BCUT2D eigenvalue weighted by molar-refractivity contribution is 5.40. The highest BCUT2D eigenvalue weighted by Crippen LogP contribution is 2.32. The lowest BCUT2D eigenvalue weighted by atomic mass is 10.1. The molecule has 0 N–H and O–H groups in total. The number of aromatic nitrogens is 3. The fourth-order valence-corrected chi connectivity index (χ4v) is 2.73. The zero-order valence-electron chi connectivity index (χ0n) is 14.2. The average molecular weight is 316 g/mol. The third-order valence-corrected chi connectivity index (χ3v) is 4.46. The van der Waals surface area contributed by atoms with Crippen LogP contribution in [0.5, 0.6) is 11.5 Å². The molecule has 6 nitrogen and oxygen atoms in total. The number of nitrogens with zero attached hydrogens (tertiary/aromatic N) is 4. The van der Waals surface area contributed by atoms with Gasteiger partial charge in [-0.2, -0.15) is 0 Å². The molecule has 1 aromatic heterocycles. The van der Waals surface area contributed by atoms with E-state index in [2.05, 4.69) is 25.7 Å². The van der Waals surface area contributed by atoms with Crippen molar-refractivity contribution in [2.75, 3.05) is 14.2 Å². The lowest BCUT2D eigenvalue weighted by molar-refractivity contribution is 0.233. The van der Waals surface area contributed by atoms with E-state index in [9.17, 15) is 0 Å². The highest BCUT2D eigenvalue weighted by atomic mass is 16.5. The van der Waals surface area contributed by atoms with Crippen LogP contribution >= 0.6 is 0 Å². The van der Waals surface area contributed by atoms with Crippen molar-refractivity contribution in [1.29, 1.82) is 0 Å². The average Bonchev–Trinajstić information content (AvgIpc) is 3.37. The van der Waals surface area contributed by atoms with Crippen molar-refractivity contribution in [3.8, 4) is 11.5 Å². The first kappa shape index (κ1) is 15.8. The smallest absolute Gasteiger partial charge is 0.146 e.